The van der Waals surface area contributed by atoms with Gasteiger partial charge in [0.05, 0.1) is 29.1 Å². The molecule has 0 atom stereocenters. The van der Waals surface area contributed by atoms with Crippen molar-refractivity contribution in [3.63, 3.8) is 0 Å². The lowest BCUT2D eigenvalue weighted by Gasteiger charge is -2.26. The Morgan fingerprint density at radius 3 is 2.56 bits per heavy atom. The predicted octanol–water partition coefficient (Wildman–Crippen LogP) is 4.94. The average Bonchev–Trinajstić information content (AvgIpc) is 2.84. The van der Waals surface area contributed by atoms with Crippen molar-refractivity contribution in [1.29, 1.82) is 5.26 Å². The Bertz CT molecular complexity index is 1180. The molecule has 32 heavy (non-hydrogen) atoms. The monoisotopic (exact) mass is 446 g/mol. The number of thioether (sulfide) groups is 1. The first-order valence-electron chi connectivity index (χ1n) is 11.1. The second-order valence-electron chi connectivity index (χ2n) is 7.96. The Morgan fingerprint density at radius 2 is 1.81 bits per heavy atom. The van der Waals surface area contributed by atoms with Crippen LogP contribution in [0.5, 0.6) is 0 Å². The van der Waals surface area contributed by atoms with Crippen LogP contribution >= 0.6 is 11.8 Å². The molecule has 0 spiro atoms. The molecule has 1 aliphatic carbocycles. The van der Waals surface area contributed by atoms with Gasteiger partial charge in [0.15, 0.2) is 5.16 Å². The molecule has 0 saturated heterocycles. The average molecular weight is 447 g/mol. The second kappa shape index (κ2) is 10.5. The van der Waals surface area contributed by atoms with Crippen molar-refractivity contribution in [3.05, 3.63) is 65.0 Å². The van der Waals surface area contributed by atoms with Gasteiger partial charge >= 0.3 is 0 Å². The number of rotatable bonds is 7. The highest BCUT2D eigenvalue weighted by atomic mass is 32.2. The van der Waals surface area contributed by atoms with Crippen molar-refractivity contribution in [2.45, 2.75) is 49.7 Å². The molecule has 6 nitrogen and oxygen atoms in total. The molecular formula is C25H26N4O2S. The summed E-state index contributed by atoms with van der Waals surface area (Å²) in [6.07, 6.45) is 5.57. The summed E-state index contributed by atoms with van der Waals surface area (Å²) in [5.74, 6) is 0.0479. The molecule has 0 aliphatic heterocycles. The number of hydrogen-bond acceptors (Lipinski definition) is 5. The fourth-order valence-electron chi connectivity index (χ4n) is 4.26. The van der Waals surface area contributed by atoms with Gasteiger partial charge in [-0.05, 0) is 37.1 Å². The lowest BCUT2D eigenvalue weighted by atomic mass is 9.95. The van der Waals surface area contributed by atoms with Crippen molar-refractivity contribution < 1.29 is 4.79 Å². The first-order chi connectivity index (χ1) is 15.7. The molecule has 4 rings (SSSR count). The van der Waals surface area contributed by atoms with Crippen LogP contribution in [0.25, 0.3) is 10.9 Å². The van der Waals surface area contributed by atoms with Crippen molar-refractivity contribution >= 4 is 34.3 Å². The Balaban J connectivity index is 1.63. The topological polar surface area (TPSA) is 79.0 Å². The Hall–Kier alpha value is -3.11. The number of anilines is 1. The van der Waals surface area contributed by atoms with Crippen LogP contribution < -0.4 is 10.5 Å². The smallest absolute Gasteiger partial charge is 0.262 e. The number of amides is 1. The summed E-state index contributed by atoms with van der Waals surface area (Å²) >= 11 is 1.31. The molecule has 7 heteroatoms. The quantitative estimate of drug-likeness (QED) is 0.379. The number of hydrogen-bond donors (Lipinski definition) is 0. The van der Waals surface area contributed by atoms with E-state index in [0.29, 0.717) is 22.6 Å². The molecular weight excluding hydrogens is 420 g/mol. The molecule has 164 valence electrons. The van der Waals surface area contributed by atoms with Crippen LogP contribution in [0.15, 0.2) is 64.5 Å². The fraction of sp³-hybridized carbons (Fsp3) is 0.360. The largest absolute Gasteiger partial charge is 0.311 e. The van der Waals surface area contributed by atoms with Gasteiger partial charge in [0.2, 0.25) is 5.91 Å². The van der Waals surface area contributed by atoms with E-state index in [9.17, 15) is 9.59 Å². The van der Waals surface area contributed by atoms with Gasteiger partial charge in [-0.15, -0.1) is 0 Å². The normalized spacial score (nSPS) is 14.2. The van der Waals surface area contributed by atoms with Crippen molar-refractivity contribution in [2.24, 2.45) is 0 Å². The van der Waals surface area contributed by atoms with E-state index >= 15 is 0 Å². The predicted molar refractivity (Wildman–Crippen MR) is 128 cm³/mol. The third kappa shape index (κ3) is 4.86. The van der Waals surface area contributed by atoms with Crippen LogP contribution in [0.4, 0.5) is 5.69 Å². The molecule has 3 aromatic rings. The second-order valence-corrected chi connectivity index (χ2v) is 8.90. The zero-order valence-corrected chi connectivity index (χ0v) is 18.8. The van der Waals surface area contributed by atoms with Crippen LogP contribution in [0.2, 0.25) is 0 Å². The van der Waals surface area contributed by atoms with Crippen molar-refractivity contribution in [3.8, 4) is 6.07 Å². The molecule has 2 aromatic carbocycles. The number of para-hydroxylation sites is 2. The molecule has 1 heterocycles. The zero-order chi connectivity index (χ0) is 22.3. The van der Waals surface area contributed by atoms with Crippen LogP contribution in [0.3, 0.4) is 0 Å². The number of carbonyl (C=O) groups is 1. The fourth-order valence-corrected chi connectivity index (χ4v) is 5.20. The Morgan fingerprint density at radius 1 is 1.09 bits per heavy atom. The molecule has 0 radical (unpaired) electrons. The van der Waals surface area contributed by atoms with E-state index in [1.165, 1.54) is 18.2 Å². The van der Waals surface area contributed by atoms with Crippen LogP contribution in [0.1, 0.15) is 44.6 Å². The highest BCUT2D eigenvalue weighted by Gasteiger charge is 2.23. The van der Waals surface area contributed by atoms with E-state index in [-0.39, 0.29) is 29.7 Å². The first-order valence-corrected chi connectivity index (χ1v) is 12.0. The summed E-state index contributed by atoms with van der Waals surface area (Å²) in [6.45, 7) is 0.334. The highest BCUT2D eigenvalue weighted by molar-refractivity contribution is 7.99. The standard InChI is InChI=1S/C25H26N4O2S/c26-16-9-17-28(19-10-3-1-4-11-19)23(30)18-32-25-27-22-15-8-7-14-21(22)24(31)29(25)20-12-5-2-6-13-20/h1,3-4,7-8,10-11,14-15,20H,2,5-6,9,12-13,17-18H2. The minimum atomic E-state index is -0.103. The third-order valence-corrected chi connectivity index (χ3v) is 6.79. The number of benzene rings is 2. The molecule has 1 aromatic heterocycles. The Kier molecular flexibility index (Phi) is 7.23. The minimum Gasteiger partial charge on any atom is -0.311 e. The van der Waals surface area contributed by atoms with E-state index in [2.05, 4.69) is 6.07 Å². The van der Waals surface area contributed by atoms with Gasteiger partial charge < -0.3 is 4.90 Å². The molecule has 1 saturated carbocycles. The molecule has 0 unspecified atom stereocenters. The van der Waals surface area contributed by atoms with Crippen molar-refractivity contribution in [2.75, 3.05) is 17.2 Å². The summed E-state index contributed by atoms with van der Waals surface area (Å²) in [5.41, 5.74) is 1.40. The van der Waals surface area contributed by atoms with Gasteiger partial charge in [-0.3, -0.25) is 14.2 Å². The molecule has 1 aliphatic rings. The first kappa shape index (κ1) is 22.1. The van der Waals surface area contributed by atoms with E-state index in [0.717, 1.165) is 31.4 Å². The van der Waals surface area contributed by atoms with Gasteiger partial charge in [0.1, 0.15) is 0 Å². The van der Waals surface area contributed by atoms with E-state index < -0.39 is 0 Å². The maximum Gasteiger partial charge on any atom is 0.262 e. The maximum absolute atomic E-state index is 13.4. The number of nitrogens with zero attached hydrogens (tertiary/aromatic N) is 4. The van der Waals surface area contributed by atoms with E-state index in [1.807, 2.05) is 59.2 Å². The van der Waals surface area contributed by atoms with Crippen LogP contribution in [-0.2, 0) is 4.79 Å². The number of nitriles is 1. The van der Waals surface area contributed by atoms with Gasteiger partial charge in [-0.1, -0.05) is 61.4 Å². The highest BCUT2D eigenvalue weighted by Crippen LogP contribution is 2.31. The zero-order valence-electron chi connectivity index (χ0n) is 17.9. The van der Waals surface area contributed by atoms with Crippen LogP contribution in [-0.4, -0.2) is 27.8 Å². The summed E-state index contributed by atoms with van der Waals surface area (Å²) < 4.78 is 1.82. The third-order valence-electron chi connectivity index (χ3n) is 5.86. The molecule has 0 bridgehead atoms. The summed E-state index contributed by atoms with van der Waals surface area (Å²) in [7, 11) is 0. The minimum absolute atomic E-state index is 0.0261. The molecule has 1 amide bonds. The van der Waals surface area contributed by atoms with E-state index in [1.54, 1.807) is 4.90 Å². The van der Waals surface area contributed by atoms with Crippen LogP contribution in [0, 0.1) is 11.3 Å². The molecule has 0 N–H and O–H groups in total. The SMILES string of the molecule is N#CCCN(C(=O)CSc1nc2ccccc2c(=O)n1C1CCCCC1)c1ccccc1. The molecule has 1 fully saturated rings. The van der Waals surface area contributed by atoms with Gasteiger partial charge in [0.25, 0.3) is 5.56 Å². The van der Waals surface area contributed by atoms with Gasteiger partial charge in [0, 0.05) is 18.3 Å². The Labute approximate surface area is 191 Å². The van der Waals surface area contributed by atoms with Crippen molar-refractivity contribution in [1.82, 2.24) is 9.55 Å². The van der Waals surface area contributed by atoms with E-state index in [4.69, 9.17) is 10.2 Å². The van der Waals surface area contributed by atoms with Gasteiger partial charge in [-0.25, -0.2) is 4.98 Å². The lowest BCUT2D eigenvalue weighted by molar-refractivity contribution is -0.116. The number of aromatic nitrogens is 2. The van der Waals surface area contributed by atoms with Gasteiger partial charge in [-0.2, -0.15) is 5.26 Å². The number of carbonyl (C=O) groups excluding carboxylic acids is 1. The lowest BCUT2D eigenvalue weighted by Crippen LogP contribution is -2.34. The maximum atomic E-state index is 13.4. The summed E-state index contributed by atoms with van der Waals surface area (Å²) in [5, 5.41) is 10.2. The number of fused-ring (bicyclic) bond motifs is 1. The summed E-state index contributed by atoms with van der Waals surface area (Å²) in [6, 6.07) is 19.0. The summed E-state index contributed by atoms with van der Waals surface area (Å²) in [4.78, 5) is 32.9.